The second-order valence-electron chi connectivity index (χ2n) is 9.14. The molecule has 0 fully saturated rings. The fraction of sp³-hybridized carbons (Fsp3) is 0.375. The van der Waals surface area contributed by atoms with Gasteiger partial charge in [0.2, 0.25) is 0 Å². The normalized spacial score (nSPS) is 14.1. The van der Waals surface area contributed by atoms with Crippen LogP contribution in [-0.4, -0.2) is 35.7 Å². The lowest BCUT2D eigenvalue weighted by atomic mass is 10.1. The summed E-state index contributed by atoms with van der Waals surface area (Å²) >= 11 is 6.42. The van der Waals surface area contributed by atoms with Crippen LogP contribution in [0.5, 0.6) is 0 Å². The van der Waals surface area contributed by atoms with Crippen LogP contribution >= 0.6 is 11.6 Å². The van der Waals surface area contributed by atoms with E-state index in [1.54, 1.807) is 12.3 Å². The fourth-order valence-electron chi connectivity index (χ4n) is 4.51. The summed E-state index contributed by atoms with van der Waals surface area (Å²) in [4.78, 5) is 5.70. The first kappa shape index (κ1) is 24.4. The standard InChI is InChI=1S/C24H24ClF4N7/c1-14(2)36-22(17(25)11-30-36)19-10-21-34(7-4-8-35(21)32-19)12-15-5-6-16(18(26)9-15)23-31-20(13-33(23)3)24(27,28)29/h5-6,9-11,13-14H,4,7-8,12H2,1-3H3. The average molecular weight is 522 g/mol. The highest BCUT2D eigenvalue weighted by atomic mass is 35.5. The SMILES string of the molecule is CC(C)n1ncc(Cl)c1-c1cc2n(n1)CCCN2Cc1ccc(-c2nc(C(F)(F)F)cn2C)c(F)c1. The maximum Gasteiger partial charge on any atom is 0.434 e. The summed E-state index contributed by atoms with van der Waals surface area (Å²) in [6.07, 6.45) is -1.28. The number of aryl methyl sites for hydroxylation is 2. The first-order valence-corrected chi connectivity index (χ1v) is 11.9. The number of alkyl halides is 3. The molecule has 1 aliphatic rings. The van der Waals surface area contributed by atoms with Crippen LogP contribution in [0.4, 0.5) is 23.4 Å². The summed E-state index contributed by atoms with van der Waals surface area (Å²) in [7, 11) is 1.41. The van der Waals surface area contributed by atoms with Crippen molar-refractivity contribution in [2.24, 2.45) is 7.05 Å². The lowest BCUT2D eigenvalue weighted by molar-refractivity contribution is -0.140. The number of imidazole rings is 1. The van der Waals surface area contributed by atoms with Crippen molar-refractivity contribution < 1.29 is 17.6 Å². The van der Waals surface area contributed by atoms with Gasteiger partial charge in [-0.15, -0.1) is 0 Å². The highest BCUT2D eigenvalue weighted by molar-refractivity contribution is 6.32. The molecule has 0 saturated heterocycles. The molecule has 0 radical (unpaired) electrons. The highest BCUT2D eigenvalue weighted by Gasteiger charge is 2.35. The van der Waals surface area contributed by atoms with E-state index in [1.807, 2.05) is 29.3 Å². The van der Waals surface area contributed by atoms with Gasteiger partial charge in [-0.05, 0) is 38.0 Å². The molecule has 36 heavy (non-hydrogen) atoms. The average Bonchev–Trinajstić information content (AvgIpc) is 3.50. The number of hydrogen-bond acceptors (Lipinski definition) is 4. The minimum Gasteiger partial charge on any atom is -0.352 e. The topological polar surface area (TPSA) is 56.7 Å². The second kappa shape index (κ2) is 8.95. The number of rotatable bonds is 5. The first-order valence-electron chi connectivity index (χ1n) is 11.5. The molecule has 0 saturated carbocycles. The van der Waals surface area contributed by atoms with Crippen molar-refractivity contribution in [3.63, 3.8) is 0 Å². The van der Waals surface area contributed by atoms with Gasteiger partial charge in [-0.3, -0.25) is 4.68 Å². The van der Waals surface area contributed by atoms with Gasteiger partial charge in [-0.25, -0.2) is 14.1 Å². The molecule has 0 amide bonds. The van der Waals surface area contributed by atoms with Crippen molar-refractivity contribution in [1.29, 1.82) is 0 Å². The van der Waals surface area contributed by atoms with E-state index >= 15 is 4.39 Å². The molecule has 0 spiro atoms. The molecule has 12 heteroatoms. The van der Waals surface area contributed by atoms with Crippen LogP contribution in [0, 0.1) is 5.82 Å². The van der Waals surface area contributed by atoms with E-state index in [-0.39, 0.29) is 17.4 Å². The van der Waals surface area contributed by atoms with Crippen molar-refractivity contribution in [2.45, 2.75) is 45.6 Å². The molecule has 0 unspecified atom stereocenters. The summed E-state index contributed by atoms with van der Waals surface area (Å²) in [6, 6.07) is 6.59. The van der Waals surface area contributed by atoms with E-state index in [2.05, 4.69) is 15.0 Å². The van der Waals surface area contributed by atoms with Crippen molar-refractivity contribution in [3.8, 4) is 22.8 Å². The Morgan fingerprint density at radius 2 is 1.92 bits per heavy atom. The van der Waals surface area contributed by atoms with Gasteiger partial charge in [0.05, 0.1) is 16.8 Å². The summed E-state index contributed by atoms with van der Waals surface area (Å²) in [6.45, 7) is 5.94. The second-order valence-corrected chi connectivity index (χ2v) is 9.55. The molecule has 0 N–H and O–H groups in total. The summed E-state index contributed by atoms with van der Waals surface area (Å²) in [5, 5.41) is 9.62. The largest absolute Gasteiger partial charge is 0.434 e. The Morgan fingerprint density at radius 3 is 2.58 bits per heavy atom. The Labute approximate surface area is 209 Å². The third kappa shape index (κ3) is 4.36. The van der Waals surface area contributed by atoms with E-state index < -0.39 is 17.7 Å². The molecule has 4 aromatic rings. The van der Waals surface area contributed by atoms with E-state index in [0.29, 0.717) is 22.8 Å². The van der Waals surface area contributed by atoms with Gasteiger partial charge in [0, 0.05) is 45.0 Å². The summed E-state index contributed by atoms with van der Waals surface area (Å²) in [5.74, 6) is 0.173. The number of anilines is 1. The molecular weight excluding hydrogens is 498 g/mol. The molecule has 190 valence electrons. The Morgan fingerprint density at radius 1 is 1.14 bits per heavy atom. The van der Waals surface area contributed by atoms with Gasteiger partial charge in [-0.1, -0.05) is 17.7 Å². The third-order valence-electron chi connectivity index (χ3n) is 6.18. The van der Waals surface area contributed by atoms with Crippen molar-refractivity contribution in [2.75, 3.05) is 11.4 Å². The lowest BCUT2D eigenvalue weighted by Crippen LogP contribution is -2.31. The maximum absolute atomic E-state index is 15.0. The van der Waals surface area contributed by atoms with Crippen molar-refractivity contribution in [3.05, 3.63) is 58.8 Å². The van der Waals surface area contributed by atoms with Crippen LogP contribution in [0.2, 0.25) is 5.02 Å². The third-order valence-corrected chi connectivity index (χ3v) is 6.45. The predicted molar refractivity (Wildman–Crippen MR) is 128 cm³/mol. The molecule has 7 nitrogen and oxygen atoms in total. The minimum absolute atomic E-state index is 0.0133. The number of hydrogen-bond donors (Lipinski definition) is 0. The van der Waals surface area contributed by atoms with Gasteiger partial charge in [0.15, 0.2) is 5.69 Å². The molecule has 1 aliphatic heterocycles. The van der Waals surface area contributed by atoms with Crippen molar-refractivity contribution >= 4 is 17.4 Å². The Bertz CT molecular complexity index is 1420. The van der Waals surface area contributed by atoms with E-state index in [9.17, 15) is 13.2 Å². The highest BCUT2D eigenvalue weighted by Crippen LogP contribution is 2.35. The van der Waals surface area contributed by atoms with Crippen LogP contribution in [0.25, 0.3) is 22.8 Å². The quantitative estimate of drug-likeness (QED) is 0.305. The molecular formula is C24H24ClF4N7. The molecule has 3 aromatic heterocycles. The Balaban J connectivity index is 1.42. The monoisotopic (exact) mass is 521 g/mol. The van der Waals surface area contributed by atoms with E-state index in [1.165, 1.54) is 23.7 Å². The van der Waals surface area contributed by atoms with Gasteiger partial charge < -0.3 is 9.47 Å². The predicted octanol–water partition coefficient (Wildman–Crippen LogP) is 5.95. The fourth-order valence-corrected chi connectivity index (χ4v) is 4.74. The molecule has 0 aliphatic carbocycles. The summed E-state index contributed by atoms with van der Waals surface area (Å²) in [5.41, 5.74) is 1.10. The Hall–Kier alpha value is -3.34. The number of fused-ring (bicyclic) bond motifs is 1. The number of benzene rings is 1. The van der Waals surface area contributed by atoms with Gasteiger partial charge >= 0.3 is 6.18 Å². The van der Waals surface area contributed by atoms with Gasteiger partial charge in [0.1, 0.15) is 28.8 Å². The smallest absolute Gasteiger partial charge is 0.352 e. The molecule has 0 bridgehead atoms. The van der Waals surface area contributed by atoms with E-state index in [4.69, 9.17) is 16.7 Å². The molecule has 1 aromatic carbocycles. The van der Waals surface area contributed by atoms with Gasteiger partial charge in [-0.2, -0.15) is 23.4 Å². The zero-order valence-electron chi connectivity index (χ0n) is 19.9. The Kier molecular flexibility index (Phi) is 6.06. The number of nitrogens with zero attached hydrogens (tertiary/aromatic N) is 7. The van der Waals surface area contributed by atoms with Crippen LogP contribution in [0.15, 0.2) is 36.7 Å². The van der Waals surface area contributed by atoms with Crippen LogP contribution in [0.1, 0.15) is 37.6 Å². The van der Waals surface area contributed by atoms with Crippen LogP contribution in [0.3, 0.4) is 0 Å². The lowest BCUT2D eigenvalue weighted by Gasteiger charge is -2.29. The van der Waals surface area contributed by atoms with Crippen LogP contribution in [-0.2, 0) is 26.3 Å². The van der Waals surface area contributed by atoms with Gasteiger partial charge in [0.25, 0.3) is 0 Å². The molecule has 0 atom stereocenters. The molecule has 5 rings (SSSR count). The maximum atomic E-state index is 15.0. The summed E-state index contributed by atoms with van der Waals surface area (Å²) < 4.78 is 59.0. The zero-order valence-corrected chi connectivity index (χ0v) is 20.6. The number of aromatic nitrogens is 6. The first-order chi connectivity index (χ1) is 17.0. The number of halogens is 5. The van der Waals surface area contributed by atoms with E-state index in [0.717, 1.165) is 37.2 Å². The molecule has 4 heterocycles. The van der Waals surface area contributed by atoms with Crippen molar-refractivity contribution in [1.82, 2.24) is 29.1 Å². The van der Waals surface area contributed by atoms with Crippen LogP contribution < -0.4 is 4.90 Å². The minimum atomic E-state index is -4.60. The zero-order chi connectivity index (χ0) is 25.8.